The van der Waals surface area contributed by atoms with Crippen LogP contribution in [0.15, 0.2) is 60.3 Å². The van der Waals surface area contributed by atoms with Gasteiger partial charge < -0.3 is 10.6 Å². The van der Waals surface area contributed by atoms with Crippen molar-refractivity contribution in [3.8, 4) is 0 Å². The van der Waals surface area contributed by atoms with Gasteiger partial charge in [0, 0.05) is 22.6 Å². The van der Waals surface area contributed by atoms with Gasteiger partial charge in [0.2, 0.25) is 5.95 Å². The van der Waals surface area contributed by atoms with E-state index in [-0.39, 0.29) is 0 Å². The standard InChI is InChI=1S/C20H17ClN4/c1-13-10-14-2-5-18(12-15(14)11-13)23-19-8-9-22-20(25-19)24-17-6-3-16(21)4-7-17/h2-9,11-12H,10H2,1H3,(H2,22,23,24,25). The van der Waals surface area contributed by atoms with Gasteiger partial charge in [0.1, 0.15) is 5.82 Å². The highest BCUT2D eigenvalue weighted by molar-refractivity contribution is 6.30. The highest BCUT2D eigenvalue weighted by Crippen LogP contribution is 2.28. The lowest BCUT2D eigenvalue weighted by molar-refractivity contribution is 1.16. The number of fused-ring (bicyclic) bond motifs is 1. The van der Waals surface area contributed by atoms with Crippen molar-refractivity contribution in [2.24, 2.45) is 0 Å². The third kappa shape index (κ3) is 3.64. The fraction of sp³-hybridized carbons (Fsp3) is 0.100. The van der Waals surface area contributed by atoms with Gasteiger partial charge in [-0.05, 0) is 66.9 Å². The molecule has 124 valence electrons. The summed E-state index contributed by atoms with van der Waals surface area (Å²) in [5.74, 6) is 1.27. The smallest absolute Gasteiger partial charge is 0.229 e. The van der Waals surface area contributed by atoms with Gasteiger partial charge in [-0.25, -0.2) is 4.98 Å². The second-order valence-electron chi connectivity index (χ2n) is 6.10. The minimum absolute atomic E-state index is 0.532. The van der Waals surface area contributed by atoms with Crippen LogP contribution in [0.2, 0.25) is 5.02 Å². The van der Waals surface area contributed by atoms with Crippen LogP contribution in [0, 0.1) is 0 Å². The Balaban J connectivity index is 1.52. The average Bonchev–Trinajstić information content (AvgIpc) is 2.97. The first-order valence-corrected chi connectivity index (χ1v) is 8.46. The van der Waals surface area contributed by atoms with E-state index in [9.17, 15) is 0 Å². The van der Waals surface area contributed by atoms with Crippen molar-refractivity contribution in [3.63, 3.8) is 0 Å². The van der Waals surface area contributed by atoms with Gasteiger partial charge in [0.05, 0.1) is 0 Å². The second-order valence-corrected chi connectivity index (χ2v) is 6.54. The molecular weight excluding hydrogens is 332 g/mol. The molecule has 0 atom stereocenters. The third-order valence-corrected chi connectivity index (χ3v) is 4.30. The van der Waals surface area contributed by atoms with Crippen molar-refractivity contribution in [3.05, 3.63) is 76.5 Å². The lowest BCUT2D eigenvalue weighted by Crippen LogP contribution is -2.00. The molecule has 1 heterocycles. The van der Waals surface area contributed by atoms with Crippen LogP contribution in [0.4, 0.5) is 23.1 Å². The van der Waals surface area contributed by atoms with Crippen LogP contribution in [0.1, 0.15) is 18.1 Å². The minimum Gasteiger partial charge on any atom is -0.340 e. The van der Waals surface area contributed by atoms with E-state index in [4.69, 9.17) is 11.6 Å². The van der Waals surface area contributed by atoms with E-state index in [1.807, 2.05) is 30.3 Å². The van der Waals surface area contributed by atoms with Crippen LogP contribution >= 0.6 is 11.6 Å². The number of aromatic nitrogens is 2. The molecule has 4 nitrogen and oxygen atoms in total. The van der Waals surface area contributed by atoms with E-state index < -0.39 is 0 Å². The first-order chi connectivity index (χ1) is 12.2. The zero-order valence-electron chi connectivity index (χ0n) is 13.8. The summed E-state index contributed by atoms with van der Waals surface area (Å²) in [6, 6.07) is 15.7. The number of nitrogens with zero attached hydrogens (tertiary/aromatic N) is 2. The lowest BCUT2D eigenvalue weighted by atomic mass is 10.1. The van der Waals surface area contributed by atoms with Crippen LogP contribution in [0.3, 0.4) is 0 Å². The molecule has 0 fully saturated rings. The zero-order valence-corrected chi connectivity index (χ0v) is 14.5. The number of benzene rings is 2. The maximum atomic E-state index is 5.91. The summed E-state index contributed by atoms with van der Waals surface area (Å²) >= 11 is 5.91. The molecule has 0 spiro atoms. The monoisotopic (exact) mass is 348 g/mol. The average molecular weight is 349 g/mol. The number of allylic oxidation sites excluding steroid dienone is 1. The van der Waals surface area contributed by atoms with Gasteiger partial charge in [-0.15, -0.1) is 0 Å². The molecule has 25 heavy (non-hydrogen) atoms. The van der Waals surface area contributed by atoms with Crippen LogP contribution in [-0.2, 0) is 6.42 Å². The van der Waals surface area contributed by atoms with Gasteiger partial charge in [0.15, 0.2) is 0 Å². The fourth-order valence-corrected chi connectivity index (χ4v) is 3.01. The number of nitrogens with one attached hydrogen (secondary N) is 2. The van der Waals surface area contributed by atoms with Crippen molar-refractivity contribution in [2.75, 3.05) is 10.6 Å². The van der Waals surface area contributed by atoms with Crippen LogP contribution in [-0.4, -0.2) is 9.97 Å². The Morgan fingerprint density at radius 3 is 2.60 bits per heavy atom. The summed E-state index contributed by atoms with van der Waals surface area (Å²) in [6.45, 7) is 2.16. The Labute approximate surface area is 151 Å². The van der Waals surface area contributed by atoms with Gasteiger partial charge in [-0.1, -0.05) is 29.3 Å². The van der Waals surface area contributed by atoms with E-state index in [1.165, 1.54) is 16.7 Å². The Morgan fingerprint density at radius 2 is 1.76 bits per heavy atom. The second kappa shape index (κ2) is 6.57. The molecule has 0 amide bonds. The largest absolute Gasteiger partial charge is 0.340 e. The van der Waals surface area contributed by atoms with Crippen LogP contribution in [0.25, 0.3) is 6.08 Å². The lowest BCUT2D eigenvalue weighted by Gasteiger charge is -2.09. The highest BCUT2D eigenvalue weighted by atomic mass is 35.5. The maximum absolute atomic E-state index is 5.91. The number of hydrogen-bond acceptors (Lipinski definition) is 4. The molecule has 0 saturated heterocycles. The Bertz CT molecular complexity index is 948. The quantitative estimate of drug-likeness (QED) is 0.646. The van der Waals surface area contributed by atoms with Crippen molar-refractivity contribution in [1.29, 1.82) is 0 Å². The molecule has 1 aliphatic carbocycles. The van der Waals surface area contributed by atoms with Crippen molar-refractivity contribution >= 4 is 40.8 Å². The molecule has 0 radical (unpaired) electrons. The van der Waals surface area contributed by atoms with E-state index in [0.717, 1.165) is 23.6 Å². The summed E-state index contributed by atoms with van der Waals surface area (Å²) in [5, 5.41) is 7.21. The Hall–Kier alpha value is -2.85. The summed E-state index contributed by atoms with van der Waals surface area (Å²) in [4.78, 5) is 8.77. The van der Waals surface area contributed by atoms with Crippen molar-refractivity contribution in [1.82, 2.24) is 9.97 Å². The molecule has 1 aliphatic rings. The van der Waals surface area contributed by atoms with E-state index >= 15 is 0 Å². The van der Waals surface area contributed by atoms with Crippen molar-refractivity contribution in [2.45, 2.75) is 13.3 Å². The molecule has 0 bridgehead atoms. The predicted octanol–water partition coefficient (Wildman–Crippen LogP) is 5.58. The molecular formula is C20H17ClN4. The first kappa shape index (κ1) is 15.7. The summed E-state index contributed by atoms with van der Waals surface area (Å²) in [7, 11) is 0. The molecule has 0 unspecified atom stereocenters. The normalized spacial score (nSPS) is 12.5. The summed E-state index contributed by atoms with van der Waals surface area (Å²) < 4.78 is 0. The molecule has 4 rings (SSSR count). The van der Waals surface area contributed by atoms with E-state index in [0.29, 0.717) is 11.0 Å². The molecule has 1 aromatic heterocycles. The zero-order chi connectivity index (χ0) is 17.2. The molecule has 0 saturated carbocycles. The molecule has 2 aromatic carbocycles. The third-order valence-electron chi connectivity index (χ3n) is 4.05. The molecule has 5 heteroatoms. The van der Waals surface area contributed by atoms with Gasteiger partial charge in [0.25, 0.3) is 0 Å². The number of hydrogen-bond donors (Lipinski definition) is 2. The SMILES string of the molecule is CC1=Cc2cc(Nc3ccnc(Nc4ccc(Cl)cc4)n3)ccc2C1. The summed E-state index contributed by atoms with van der Waals surface area (Å²) in [6.07, 6.45) is 5.00. The predicted molar refractivity (Wildman–Crippen MR) is 104 cm³/mol. The van der Waals surface area contributed by atoms with Crippen molar-refractivity contribution < 1.29 is 0 Å². The molecule has 2 N–H and O–H groups in total. The summed E-state index contributed by atoms with van der Waals surface area (Å²) in [5.41, 5.74) is 5.94. The van der Waals surface area contributed by atoms with Gasteiger partial charge in [-0.2, -0.15) is 4.98 Å². The Morgan fingerprint density at radius 1 is 0.960 bits per heavy atom. The van der Waals surface area contributed by atoms with E-state index in [1.54, 1.807) is 6.20 Å². The van der Waals surface area contributed by atoms with Crippen LogP contribution < -0.4 is 10.6 Å². The number of rotatable bonds is 4. The maximum Gasteiger partial charge on any atom is 0.229 e. The van der Waals surface area contributed by atoms with Gasteiger partial charge >= 0.3 is 0 Å². The van der Waals surface area contributed by atoms with Gasteiger partial charge in [-0.3, -0.25) is 0 Å². The topological polar surface area (TPSA) is 49.8 Å². The minimum atomic E-state index is 0.532. The fourth-order valence-electron chi connectivity index (χ4n) is 2.88. The highest BCUT2D eigenvalue weighted by Gasteiger charge is 2.10. The number of halogens is 1. The Kier molecular flexibility index (Phi) is 4.12. The van der Waals surface area contributed by atoms with E-state index in [2.05, 4.69) is 51.8 Å². The first-order valence-electron chi connectivity index (χ1n) is 8.08. The molecule has 3 aromatic rings. The molecule has 0 aliphatic heterocycles. The number of anilines is 4. The van der Waals surface area contributed by atoms with Crippen LogP contribution in [0.5, 0.6) is 0 Å².